The predicted octanol–water partition coefficient (Wildman–Crippen LogP) is 2.77. The molecule has 3 rings (SSSR count). The van der Waals surface area contributed by atoms with Crippen LogP contribution < -0.4 is 0 Å². The zero-order chi connectivity index (χ0) is 22.4. The molecule has 1 N–H and O–H groups in total. The molecule has 0 spiro atoms. The van der Waals surface area contributed by atoms with E-state index in [0.717, 1.165) is 0 Å². The fourth-order valence-corrected chi connectivity index (χ4v) is 3.60. The molecule has 3 aromatic rings. The van der Waals surface area contributed by atoms with Gasteiger partial charge in [0.15, 0.2) is 23.4 Å². The Morgan fingerprint density at radius 1 is 1.32 bits per heavy atom. The summed E-state index contributed by atoms with van der Waals surface area (Å²) in [6.07, 6.45) is 0.670. The van der Waals surface area contributed by atoms with Crippen LogP contribution in [0.15, 0.2) is 35.7 Å². The number of rotatable bonds is 7. The molecule has 1 aromatic carbocycles. The van der Waals surface area contributed by atoms with Gasteiger partial charge in [-0.05, 0) is 44.6 Å². The normalized spacial score (nSPS) is 12.8. The number of aldehydes is 1. The van der Waals surface area contributed by atoms with Crippen molar-refractivity contribution in [3.05, 3.63) is 47.0 Å². The third kappa shape index (κ3) is 5.52. The first-order valence-electron chi connectivity index (χ1n) is 9.74. The van der Waals surface area contributed by atoms with Crippen LogP contribution in [0.4, 0.5) is 0 Å². The second kappa shape index (κ2) is 9.79. The number of aliphatic hydroxyl groups is 1. The van der Waals surface area contributed by atoms with Gasteiger partial charge in [0, 0.05) is 24.1 Å². The molecule has 1 atom stereocenters. The molecule has 2 heterocycles. The van der Waals surface area contributed by atoms with Gasteiger partial charge in [-0.2, -0.15) is 0 Å². The minimum Gasteiger partial charge on any atom is -0.461 e. The van der Waals surface area contributed by atoms with Gasteiger partial charge in [-0.1, -0.05) is 24.0 Å². The largest absolute Gasteiger partial charge is 0.461 e. The molecule has 0 radical (unpaired) electrons. The van der Waals surface area contributed by atoms with Crippen molar-refractivity contribution in [1.82, 2.24) is 14.9 Å². The molecule has 0 aliphatic heterocycles. The number of esters is 1. The first-order valence-corrected chi connectivity index (χ1v) is 10.6. The van der Waals surface area contributed by atoms with Crippen LogP contribution in [0.25, 0.3) is 21.6 Å². The topological polar surface area (TPSA) is 92.6 Å². The Morgan fingerprint density at radius 2 is 2.13 bits per heavy atom. The molecule has 7 nitrogen and oxygen atoms in total. The van der Waals surface area contributed by atoms with E-state index < -0.39 is 11.6 Å². The Balaban J connectivity index is 1.96. The maximum atomic E-state index is 12.4. The minimum absolute atomic E-state index is 0.205. The van der Waals surface area contributed by atoms with E-state index in [4.69, 9.17) is 4.74 Å². The number of hydrogen-bond acceptors (Lipinski definition) is 8. The molecule has 0 fully saturated rings. The second-order valence-electron chi connectivity index (χ2n) is 7.18. The minimum atomic E-state index is -1.72. The summed E-state index contributed by atoms with van der Waals surface area (Å²) >= 11 is 1.38. The number of hydrogen-bond donors (Lipinski definition) is 1. The van der Waals surface area contributed by atoms with E-state index in [-0.39, 0.29) is 18.7 Å². The zero-order valence-electron chi connectivity index (χ0n) is 17.6. The molecule has 0 amide bonds. The van der Waals surface area contributed by atoms with Crippen molar-refractivity contribution >= 4 is 33.8 Å². The van der Waals surface area contributed by atoms with Crippen molar-refractivity contribution in [2.75, 3.05) is 27.2 Å². The van der Waals surface area contributed by atoms with Crippen LogP contribution >= 0.6 is 11.3 Å². The van der Waals surface area contributed by atoms with Gasteiger partial charge in [0.25, 0.3) is 0 Å². The lowest BCUT2D eigenvalue weighted by Crippen LogP contribution is -2.33. The molecule has 0 saturated carbocycles. The van der Waals surface area contributed by atoms with Gasteiger partial charge in [0.1, 0.15) is 0 Å². The monoisotopic (exact) mass is 437 g/mol. The fraction of sp³-hybridized carbons (Fsp3) is 0.304. The standard InChI is InChI=1S/C23H23N3O4S/c1-4-30-22(28)19-20-18(9-13-31-20)24-21(25-19)17-7-5-6-16(14-17)8-10-23(29,15-27)11-12-26(2)3/h5-7,9,13-15,29H,4,11-12H2,1-3H3/t23-/m0/s1. The summed E-state index contributed by atoms with van der Waals surface area (Å²) in [5, 5.41) is 12.3. The summed E-state index contributed by atoms with van der Waals surface area (Å²) in [5.41, 5.74) is 0.423. The molecule has 0 bridgehead atoms. The molecule has 31 heavy (non-hydrogen) atoms. The highest BCUT2D eigenvalue weighted by molar-refractivity contribution is 7.17. The van der Waals surface area contributed by atoms with Crippen LogP contribution in [-0.2, 0) is 9.53 Å². The summed E-state index contributed by atoms with van der Waals surface area (Å²) in [6, 6.07) is 8.94. The van der Waals surface area contributed by atoms with Crippen molar-refractivity contribution in [3.63, 3.8) is 0 Å². The van der Waals surface area contributed by atoms with Gasteiger partial charge in [-0.25, -0.2) is 14.8 Å². The van der Waals surface area contributed by atoms with E-state index >= 15 is 0 Å². The van der Waals surface area contributed by atoms with Gasteiger partial charge in [0.05, 0.1) is 16.8 Å². The molecule has 0 aliphatic rings. The van der Waals surface area contributed by atoms with E-state index in [1.165, 1.54) is 11.3 Å². The molecule has 0 unspecified atom stereocenters. The van der Waals surface area contributed by atoms with Crippen LogP contribution in [0.3, 0.4) is 0 Å². The van der Waals surface area contributed by atoms with Crippen LogP contribution in [0.2, 0.25) is 0 Å². The van der Waals surface area contributed by atoms with Gasteiger partial charge in [-0.3, -0.25) is 4.79 Å². The summed E-state index contributed by atoms with van der Waals surface area (Å²) < 4.78 is 5.81. The third-order valence-corrected chi connectivity index (χ3v) is 5.36. The Kier molecular flexibility index (Phi) is 7.13. The van der Waals surface area contributed by atoms with E-state index in [1.54, 1.807) is 25.1 Å². The number of fused-ring (bicyclic) bond motifs is 1. The highest BCUT2D eigenvalue weighted by atomic mass is 32.1. The van der Waals surface area contributed by atoms with Gasteiger partial charge in [0.2, 0.25) is 0 Å². The maximum Gasteiger partial charge on any atom is 0.358 e. The molecule has 2 aromatic heterocycles. The molecule has 0 saturated heterocycles. The van der Waals surface area contributed by atoms with E-state index in [0.29, 0.717) is 40.0 Å². The third-order valence-electron chi connectivity index (χ3n) is 4.45. The molecule has 0 aliphatic carbocycles. The number of benzene rings is 1. The maximum absolute atomic E-state index is 12.4. The average molecular weight is 438 g/mol. The van der Waals surface area contributed by atoms with Crippen LogP contribution in [0.5, 0.6) is 0 Å². The summed E-state index contributed by atoms with van der Waals surface area (Å²) in [4.78, 5) is 34.6. The van der Waals surface area contributed by atoms with E-state index in [1.807, 2.05) is 36.5 Å². The van der Waals surface area contributed by atoms with E-state index in [9.17, 15) is 14.7 Å². The van der Waals surface area contributed by atoms with Crippen molar-refractivity contribution in [1.29, 1.82) is 0 Å². The van der Waals surface area contributed by atoms with Crippen molar-refractivity contribution < 1.29 is 19.4 Å². The van der Waals surface area contributed by atoms with Crippen LogP contribution in [0.1, 0.15) is 29.4 Å². The summed E-state index contributed by atoms with van der Waals surface area (Å²) in [6.45, 7) is 2.52. The Hall–Kier alpha value is -3.12. The quantitative estimate of drug-likeness (QED) is 0.345. The number of thiophene rings is 1. The summed E-state index contributed by atoms with van der Waals surface area (Å²) in [7, 11) is 3.72. The lowest BCUT2D eigenvalue weighted by Gasteiger charge is -2.17. The Morgan fingerprint density at radius 3 is 2.84 bits per heavy atom. The number of aromatic nitrogens is 2. The zero-order valence-corrected chi connectivity index (χ0v) is 18.4. The lowest BCUT2D eigenvalue weighted by molar-refractivity contribution is -0.119. The number of ether oxygens (including phenoxy) is 1. The number of nitrogens with zero attached hydrogens (tertiary/aromatic N) is 3. The van der Waals surface area contributed by atoms with E-state index in [2.05, 4.69) is 21.8 Å². The second-order valence-corrected chi connectivity index (χ2v) is 8.09. The first kappa shape index (κ1) is 22.6. The summed E-state index contributed by atoms with van der Waals surface area (Å²) in [5.74, 6) is 5.41. The lowest BCUT2D eigenvalue weighted by atomic mass is 10.0. The molecule has 160 valence electrons. The van der Waals surface area contributed by atoms with Crippen LogP contribution in [-0.4, -0.2) is 65.1 Å². The van der Waals surface area contributed by atoms with Gasteiger partial charge in [-0.15, -0.1) is 11.3 Å². The highest BCUT2D eigenvalue weighted by Crippen LogP contribution is 2.26. The SMILES string of the molecule is CCOC(=O)c1nc(-c2cccc(C#C[C@@](O)(C=O)CCN(C)C)c2)nc2ccsc12. The van der Waals surface area contributed by atoms with Crippen molar-refractivity contribution in [2.45, 2.75) is 18.9 Å². The molecule has 8 heteroatoms. The highest BCUT2D eigenvalue weighted by Gasteiger charge is 2.23. The first-order chi connectivity index (χ1) is 14.8. The number of carbonyl (C=O) groups excluding carboxylic acids is 2. The fourth-order valence-electron chi connectivity index (χ4n) is 2.79. The Labute approximate surface area is 184 Å². The Bertz CT molecular complexity index is 1160. The van der Waals surface area contributed by atoms with Gasteiger partial charge >= 0.3 is 5.97 Å². The molecular formula is C23H23N3O4S. The predicted molar refractivity (Wildman–Crippen MR) is 120 cm³/mol. The van der Waals surface area contributed by atoms with Crippen molar-refractivity contribution in [3.8, 4) is 23.2 Å². The number of carbonyl (C=O) groups is 2. The molecular weight excluding hydrogens is 414 g/mol. The van der Waals surface area contributed by atoms with Crippen LogP contribution in [0, 0.1) is 11.8 Å². The average Bonchev–Trinajstić information content (AvgIpc) is 3.25. The smallest absolute Gasteiger partial charge is 0.358 e. The van der Waals surface area contributed by atoms with Gasteiger partial charge < -0.3 is 14.7 Å². The van der Waals surface area contributed by atoms with Crippen molar-refractivity contribution in [2.24, 2.45) is 0 Å².